The van der Waals surface area contributed by atoms with E-state index in [4.69, 9.17) is 0 Å². The molecule has 0 aliphatic carbocycles. The highest BCUT2D eigenvalue weighted by Gasteiger charge is 2.24. The highest BCUT2D eigenvalue weighted by atomic mass is 32.2. The Hall–Kier alpha value is -4.49. The lowest BCUT2D eigenvalue weighted by Crippen LogP contribution is -2.32. The average molecular weight is 503 g/mol. The van der Waals surface area contributed by atoms with Gasteiger partial charge in [-0.05, 0) is 61.7 Å². The van der Waals surface area contributed by atoms with Gasteiger partial charge in [-0.25, -0.2) is 13.1 Å². The summed E-state index contributed by atoms with van der Waals surface area (Å²) < 4.78 is 29.5. The summed E-state index contributed by atoms with van der Waals surface area (Å²) in [5, 5.41) is 21.1. The number of sulfonamides is 1. The molecular formula is C26H22N4O5S. The third-order valence-corrected chi connectivity index (χ3v) is 7.32. The summed E-state index contributed by atoms with van der Waals surface area (Å²) in [4.78, 5) is 23.3. The molecule has 0 bridgehead atoms. The maximum absolute atomic E-state index is 13.3. The number of nitrogens with zero attached hydrogens (tertiary/aromatic N) is 3. The van der Waals surface area contributed by atoms with Crippen molar-refractivity contribution in [3.8, 4) is 6.07 Å². The molecule has 0 aliphatic heterocycles. The minimum atomic E-state index is -4.40. The van der Waals surface area contributed by atoms with E-state index in [-0.39, 0.29) is 12.2 Å². The predicted octanol–water partition coefficient (Wildman–Crippen LogP) is 4.51. The second-order valence-electron chi connectivity index (χ2n) is 8.57. The lowest BCUT2D eigenvalue weighted by Gasteiger charge is -2.16. The molecule has 0 saturated carbocycles. The summed E-state index contributed by atoms with van der Waals surface area (Å²) in [5.41, 5.74) is 4.77. The molecule has 0 aliphatic rings. The van der Waals surface area contributed by atoms with Gasteiger partial charge in [0, 0.05) is 24.1 Å². The summed E-state index contributed by atoms with van der Waals surface area (Å²) in [5.74, 6) is -0.890. The fourth-order valence-corrected chi connectivity index (χ4v) is 5.30. The molecular weight excluding hydrogens is 480 g/mol. The van der Waals surface area contributed by atoms with Gasteiger partial charge in [-0.3, -0.25) is 14.9 Å². The normalized spacial score (nSPS) is 11.3. The first-order valence-corrected chi connectivity index (χ1v) is 12.4. The van der Waals surface area contributed by atoms with Crippen molar-refractivity contribution in [1.29, 1.82) is 5.26 Å². The van der Waals surface area contributed by atoms with E-state index in [0.29, 0.717) is 16.5 Å². The monoisotopic (exact) mass is 502 g/mol. The molecule has 9 nitrogen and oxygen atoms in total. The van der Waals surface area contributed by atoms with Gasteiger partial charge in [0.15, 0.2) is 0 Å². The van der Waals surface area contributed by atoms with E-state index >= 15 is 0 Å². The van der Waals surface area contributed by atoms with E-state index in [1.807, 2.05) is 37.6 Å². The van der Waals surface area contributed by atoms with Crippen LogP contribution in [-0.2, 0) is 16.6 Å². The largest absolute Gasteiger partial charge is 0.332 e. The van der Waals surface area contributed by atoms with Crippen molar-refractivity contribution in [2.75, 3.05) is 0 Å². The number of hydrogen-bond acceptors (Lipinski definition) is 6. The quantitative estimate of drug-likeness (QED) is 0.304. The van der Waals surface area contributed by atoms with Gasteiger partial charge in [-0.1, -0.05) is 29.8 Å². The first-order chi connectivity index (χ1) is 17.0. The van der Waals surface area contributed by atoms with Crippen LogP contribution in [0.3, 0.4) is 0 Å². The third kappa shape index (κ3) is 4.69. The number of fused-ring (bicyclic) bond motifs is 1. The van der Waals surface area contributed by atoms with Crippen LogP contribution in [0, 0.1) is 42.2 Å². The number of nitriles is 1. The van der Waals surface area contributed by atoms with Crippen molar-refractivity contribution in [2.24, 2.45) is 0 Å². The van der Waals surface area contributed by atoms with Crippen molar-refractivity contribution >= 4 is 32.5 Å². The van der Waals surface area contributed by atoms with E-state index in [0.717, 1.165) is 34.4 Å². The number of nitrogens with one attached hydrogen (secondary N) is 1. The van der Waals surface area contributed by atoms with Crippen LogP contribution in [0.5, 0.6) is 0 Å². The van der Waals surface area contributed by atoms with Gasteiger partial charge >= 0.3 is 0 Å². The predicted molar refractivity (Wildman–Crippen MR) is 134 cm³/mol. The molecule has 3 aromatic carbocycles. The zero-order valence-electron chi connectivity index (χ0n) is 19.8. The standard InChI is InChI=1S/C26H22N4O5S/c1-16-9-17(2)23(18(3)10-16)15-29-24-11-19(14-27)7-8-20(24)12-25(29)26(31)28-36(34,35)22-6-4-5-21(13-22)30(32)33/h4-13H,15H2,1-3H3,(H,28,31). The Morgan fingerprint density at radius 3 is 2.39 bits per heavy atom. The van der Waals surface area contributed by atoms with Crippen molar-refractivity contribution in [3.05, 3.63) is 104 Å². The topological polar surface area (TPSA) is 135 Å². The number of aryl methyl sites for hydroxylation is 3. The molecule has 36 heavy (non-hydrogen) atoms. The molecule has 0 radical (unpaired) electrons. The van der Waals surface area contributed by atoms with Gasteiger partial charge in [0.05, 0.1) is 27.0 Å². The SMILES string of the molecule is Cc1cc(C)c(Cn2c(C(=O)NS(=O)(=O)c3cccc([N+](=O)[O-])c3)cc3ccc(C#N)cc32)c(C)c1. The summed E-state index contributed by atoms with van der Waals surface area (Å²) in [6.45, 7) is 6.20. The summed E-state index contributed by atoms with van der Waals surface area (Å²) in [6.07, 6.45) is 0. The lowest BCUT2D eigenvalue weighted by molar-refractivity contribution is -0.385. The van der Waals surface area contributed by atoms with E-state index in [2.05, 4.69) is 6.07 Å². The van der Waals surface area contributed by atoms with E-state index in [1.165, 1.54) is 12.1 Å². The molecule has 1 heterocycles. The summed E-state index contributed by atoms with van der Waals surface area (Å²) in [7, 11) is -4.40. The van der Waals surface area contributed by atoms with Gasteiger partial charge in [0.2, 0.25) is 0 Å². The Balaban J connectivity index is 1.81. The second kappa shape index (κ2) is 9.28. The highest BCUT2D eigenvalue weighted by molar-refractivity contribution is 7.90. The van der Waals surface area contributed by atoms with Crippen molar-refractivity contribution in [1.82, 2.24) is 9.29 Å². The fraction of sp³-hybridized carbons (Fsp3) is 0.154. The number of amides is 1. The molecule has 1 aromatic heterocycles. The molecule has 0 atom stereocenters. The minimum Gasteiger partial charge on any atom is -0.332 e. The minimum absolute atomic E-state index is 0.0773. The number of aromatic nitrogens is 1. The van der Waals surface area contributed by atoms with Crippen LogP contribution in [0.15, 0.2) is 65.6 Å². The van der Waals surface area contributed by atoms with Crippen LogP contribution in [-0.4, -0.2) is 23.8 Å². The van der Waals surface area contributed by atoms with Crippen LogP contribution in [0.1, 0.15) is 38.3 Å². The molecule has 1 N–H and O–H groups in total. The average Bonchev–Trinajstić information content (AvgIpc) is 3.18. The van der Waals surface area contributed by atoms with Crippen molar-refractivity contribution < 1.29 is 18.1 Å². The zero-order chi connectivity index (χ0) is 26.2. The van der Waals surface area contributed by atoms with Crippen LogP contribution in [0.2, 0.25) is 0 Å². The third-order valence-electron chi connectivity index (χ3n) is 5.99. The number of non-ortho nitro benzene ring substituents is 1. The zero-order valence-corrected chi connectivity index (χ0v) is 20.6. The number of nitro groups is 1. The van der Waals surface area contributed by atoms with E-state index < -0.39 is 31.4 Å². The van der Waals surface area contributed by atoms with Gasteiger partial charge in [-0.15, -0.1) is 0 Å². The molecule has 10 heteroatoms. The number of carbonyl (C=O) groups is 1. The number of hydrogen-bond donors (Lipinski definition) is 1. The highest BCUT2D eigenvalue weighted by Crippen LogP contribution is 2.26. The maximum atomic E-state index is 13.3. The molecule has 0 spiro atoms. The first kappa shape index (κ1) is 24.6. The Labute approximate surface area is 207 Å². The molecule has 0 fully saturated rings. The van der Waals surface area contributed by atoms with Crippen LogP contribution in [0.4, 0.5) is 5.69 Å². The second-order valence-corrected chi connectivity index (χ2v) is 10.2. The van der Waals surface area contributed by atoms with Gasteiger partial charge in [0.1, 0.15) is 5.69 Å². The number of carbonyl (C=O) groups excluding carboxylic acids is 1. The number of rotatable bonds is 6. The molecule has 4 rings (SSSR count). The Kier molecular flexibility index (Phi) is 6.35. The summed E-state index contributed by atoms with van der Waals surface area (Å²) >= 11 is 0. The van der Waals surface area contributed by atoms with Crippen molar-refractivity contribution in [2.45, 2.75) is 32.2 Å². The fourth-order valence-electron chi connectivity index (χ4n) is 4.30. The first-order valence-electron chi connectivity index (χ1n) is 10.9. The maximum Gasteiger partial charge on any atom is 0.281 e. The Morgan fingerprint density at radius 1 is 1.06 bits per heavy atom. The van der Waals surface area contributed by atoms with E-state index in [9.17, 15) is 28.6 Å². The van der Waals surface area contributed by atoms with Crippen LogP contribution in [0.25, 0.3) is 10.9 Å². The Morgan fingerprint density at radius 2 is 1.75 bits per heavy atom. The van der Waals surface area contributed by atoms with Gasteiger partial charge < -0.3 is 4.57 Å². The lowest BCUT2D eigenvalue weighted by atomic mass is 9.99. The molecule has 1 amide bonds. The van der Waals surface area contributed by atoms with Crippen molar-refractivity contribution in [3.63, 3.8) is 0 Å². The van der Waals surface area contributed by atoms with Gasteiger partial charge in [-0.2, -0.15) is 5.26 Å². The van der Waals surface area contributed by atoms with Gasteiger partial charge in [0.25, 0.3) is 21.6 Å². The number of benzene rings is 3. The number of nitro benzene ring substituents is 1. The molecule has 0 unspecified atom stereocenters. The Bertz CT molecular complexity index is 1670. The smallest absolute Gasteiger partial charge is 0.281 e. The summed E-state index contributed by atoms with van der Waals surface area (Å²) in [6, 6.07) is 17.2. The molecule has 182 valence electrons. The van der Waals surface area contributed by atoms with E-state index in [1.54, 1.807) is 28.8 Å². The van der Waals surface area contributed by atoms with Crippen LogP contribution >= 0.6 is 0 Å². The van der Waals surface area contributed by atoms with Crippen LogP contribution < -0.4 is 4.72 Å². The molecule has 0 saturated heterocycles. The molecule has 4 aromatic rings.